The zero-order valence-corrected chi connectivity index (χ0v) is 29.0. The molecule has 0 N–H and O–H groups in total. The van der Waals surface area contributed by atoms with Gasteiger partial charge in [-0.2, -0.15) is 0 Å². The van der Waals surface area contributed by atoms with Crippen LogP contribution in [0.15, 0.2) is 91.0 Å². The van der Waals surface area contributed by atoms with Gasteiger partial charge < -0.3 is 9.16 Å². The number of carbonyl (C=O) groups is 1. The monoisotopic (exact) mass is 650 g/mol. The zero-order chi connectivity index (χ0) is 31.3. The number of ketones is 1. The molecular formula is C41H47ClO3Si. The van der Waals surface area contributed by atoms with Gasteiger partial charge in [-0.15, -0.1) is 11.6 Å². The van der Waals surface area contributed by atoms with Crippen LogP contribution in [0.1, 0.15) is 69.1 Å². The number of ether oxygens (including phenoxy) is 1. The number of Topliss-reactive ketones (excluding diaryl/α,β-unsaturated/α-hetero) is 1. The first-order chi connectivity index (χ1) is 22.3. The number of carbonyl (C=O) groups excluding carboxylic acids is 1. The van der Waals surface area contributed by atoms with Gasteiger partial charge in [0.25, 0.3) is 0 Å². The maximum Gasteiger partial charge on any atom is 0.206 e. The van der Waals surface area contributed by atoms with Crippen molar-refractivity contribution in [3.8, 4) is 0 Å². The smallest absolute Gasteiger partial charge is 0.206 e. The predicted molar refractivity (Wildman–Crippen MR) is 185 cm³/mol. The van der Waals surface area contributed by atoms with Crippen LogP contribution in [0.3, 0.4) is 0 Å². The quantitative estimate of drug-likeness (QED) is 0.139. The van der Waals surface area contributed by atoms with E-state index in [1.165, 1.54) is 16.7 Å². The predicted octanol–water partition coefficient (Wildman–Crippen LogP) is 8.48. The van der Waals surface area contributed by atoms with E-state index < -0.39 is 8.32 Å². The van der Waals surface area contributed by atoms with Crippen molar-refractivity contribution in [2.45, 2.75) is 93.7 Å². The van der Waals surface area contributed by atoms with E-state index >= 15 is 0 Å². The Morgan fingerprint density at radius 3 is 1.96 bits per heavy atom. The summed E-state index contributed by atoms with van der Waals surface area (Å²) in [5.74, 6) is 2.81. The number of hydrogen-bond donors (Lipinski definition) is 0. The molecule has 9 rings (SSSR count). The number of alkyl halides is 1. The fraction of sp³-hybridized carbons (Fsp3) is 0.537. The summed E-state index contributed by atoms with van der Waals surface area (Å²) >= 11 is 7.55. The van der Waals surface area contributed by atoms with Gasteiger partial charge in [0.15, 0.2) is 0 Å². The molecule has 5 saturated carbocycles. The molecule has 240 valence electrons. The van der Waals surface area contributed by atoms with Crippen LogP contribution in [0.25, 0.3) is 0 Å². The lowest BCUT2D eigenvalue weighted by Gasteiger charge is -2.60. The van der Waals surface area contributed by atoms with Crippen LogP contribution in [0.5, 0.6) is 0 Å². The molecule has 3 nitrogen and oxygen atoms in total. The van der Waals surface area contributed by atoms with E-state index in [1.807, 2.05) is 0 Å². The van der Waals surface area contributed by atoms with E-state index in [4.69, 9.17) is 20.8 Å². The molecule has 5 aliphatic carbocycles. The van der Waals surface area contributed by atoms with Crippen LogP contribution >= 0.6 is 11.6 Å². The van der Waals surface area contributed by atoms with E-state index in [-0.39, 0.29) is 34.0 Å². The molecule has 0 aromatic heterocycles. The highest BCUT2D eigenvalue weighted by Gasteiger charge is 2.81. The van der Waals surface area contributed by atoms with Gasteiger partial charge in [-0.25, -0.2) is 0 Å². The molecule has 1 aliphatic heterocycles. The Balaban J connectivity index is 1.04. The summed E-state index contributed by atoms with van der Waals surface area (Å²) in [6.45, 7) is 4.82. The number of halogens is 1. The molecule has 1 spiro atoms. The SMILES string of the molecule is C[C@]12CC[C@H]3[C@@H]([C@H](Cl)[C@H]4O[C@]45C[C@@H](O[Si](Cc4ccccc4)(Cc4ccccc4)Cc4ccccc4)CC[C@]35C)[C@@H]1[C@@H]1C[C@@H]1C2=O. The fourth-order valence-electron chi connectivity index (χ4n) is 11.9. The third-order valence-corrected chi connectivity index (χ3v) is 18.5. The number of benzene rings is 3. The highest BCUT2D eigenvalue weighted by atomic mass is 35.5. The lowest BCUT2D eigenvalue weighted by Crippen LogP contribution is -2.63. The molecule has 1 heterocycles. The number of fused-ring (bicyclic) bond motifs is 6. The van der Waals surface area contributed by atoms with Crippen LogP contribution < -0.4 is 0 Å². The fourth-order valence-corrected chi connectivity index (χ4v) is 17.0. The largest absolute Gasteiger partial charge is 0.413 e. The van der Waals surface area contributed by atoms with Crippen LogP contribution in [-0.4, -0.2) is 37.3 Å². The Hall–Kier alpha value is -2.24. The first-order valence-corrected chi connectivity index (χ1v) is 20.9. The molecule has 0 unspecified atom stereocenters. The second kappa shape index (κ2) is 10.6. The highest BCUT2D eigenvalue weighted by Crippen LogP contribution is 2.77. The van der Waals surface area contributed by atoms with Crippen molar-refractivity contribution in [2.24, 2.45) is 40.4 Å². The van der Waals surface area contributed by atoms with Gasteiger partial charge in [-0.1, -0.05) is 105 Å². The Kier molecular flexibility index (Phi) is 6.90. The topological polar surface area (TPSA) is 38.8 Å². The van der Waals surface area contributed by atoms with Crippen molar-refractivity contribution in [2.75, 3.05) is 0 Å². The second-order valence-electron chi connectivity index (χ2n) is 16.5. The molecule has 0 amide bonds. The Morgan fingerprint density at radius 1 is 0.826 bits per heavy atom. The van der Waals surface area contributed by atoms with Gasteiger partial charge in [-0.3, -0.25) is 4.79 Å². The molecule has 46 heavy (non-hydrogen) atoms. The molecule has 0 bridgehead atoms. The van der Waals surface area contributed by atoms with E-state index in [0.29, 0.717) is 35.4 Å². The summed E-state index contributed by atoms with van der Waals surface area (Å²) in [5, 5.41) is -0.00596. The van der Waals surface area contributed by atoms with Gasteiger partial charge in [-0.05, 0) is 90.6 Å². The normalized spacial score (nSPS) is 41.8. The van der Waals surface area contributed by atoms with Crippen molar-refractivity contribution in [1.29, 1.82) is 0 Å². The van der Waals surface area contributed by atoms with Crippen molar-refractivity contribution in [3.63, 3.8) is 0 Å². The Labute approximate surface area is 280 Å². The van der Waals surface area contributed by atoms with E-state index in [2.05, 4.69) is 105 Å². The summed E-state index contributed by atoms with van der Waals surface area (Å²) in [7, 11) is -2.42. The van der Waals surface area contributed by atoms with E-state index in [0.717, 1.165) is 56.7 Å². The third-order valence-electron chi connectivity index (χ3n) is 14.0. The summed E-state index contributed by atoms with van der Waals surface area (Å²) in [6, 6.07) is 36.0. The summed E-state index contributed by atoms with van der Waals surface area (Å²) < 4.78 is 14.7. The average Bonchev–Trinajstić information content (AvgIpc) is 3.98. The molecule has 3 aromatic carbocycles. The van der Waals surface area contributed by atoms with Gasteiger partial charge >= 0.3 is 0 Å². The lowest BCUT2D eigenvalue weighted by atomic mass is 9.44. The molecule has 1 saturated heterocycles. The molecule has 11 atom stereocenters. The minimum absolute atomic E-state index is 0.00596. The van der Waals surface area contributed by atoms with Crippen molar-refractivity contribution >= 4 is 25.7 Å². The number of epoxide rings is 1. The summed E-state index contributed by atoms with van der Waals surface area (Å²) in [4.78, 5) is 13.4. The maximum atomic E-state index is 13.4. The standard InChI is InChI=1S/C41H47ClO3Si/c1-39-20-19-33-34(35(39)31-22-32(31)37(39)43)36(42)38-41(44-38)23-30(18-21-40(33,41)2)45-46(24-27-12-6-3-7-13-27,25-28-14-8-4-9-15-28)26-29-16-10-5-11-17-29/h3-17,30-36,38H,18-26H2,1-2H3/t30-,31+,32-,33-,34+,35-,36-,38+,39-,40+,41+/m0/s1. The molecule has 6 fully saturated rings. The average molecular weight is 651 g/mol. The van der Waals surface area contributed by atoms with Gasteiger partial charge in [0.1, 0.15) is 17.5 Å². The van der Waals surface area contributed by atoms with Gasteiger partial charge in [0, 0.05) is 29.3 Å². The van der Waals surface area contributed by atoms with Crippen LogP contribution in [0.4, 0.5) is 0 Å². The van der Waals surface area contributed by atoms with Crippen molar-refractivity contribution < 1.29 is 14.0 Å². The number of hydrogen-bond acceptors (Lipinski definition) is 3. The maximum absolute atomic E-state index is 13.4. The third kappa shape index (κ3) is 4.46. The Bertz CT molecular complexity index is 1510. The van der Waals surface area contributed by atoms with Crippen LogP contribution in [-0.2, 0) is 32.1 Å². The lowest BCUT2D eigenvalue weighted by molar-refractivity contribution is -0.141. The first kappa shape index (κ1) is 29.9. The zero-order valence-electron chi connectivity index (χ0n) is 27.2. The Morgan fingerprint density at radius 2 is 1.39 bits per heavy atom. The summed E-state index contributed by atoms with van der Waals surface area (Å²) in [5.41, 5.74) is 3.84. The minimum atomic E-state index is -2.42. The van der Waals surface area contributed by atoms with Crippen LogP contribution in [0.2, 0.25) is 0 Å². The molecule has 0 radical (unpaired) electrons. The molecule has 3 aromatic rings. The van der Waals surface area contributed by atoms with E-state index in [9.17, 15) is 4.79 Å². The van der Waals surface area contributed by atoms with Gasteiger partial charge in [0.2, 0.25) is 8.32 Å². The minimum Gasteiger partial charge on any atom is -0.413 e. The first-order valence-electron chi connectivity index (χ1n) is 17.9. The number of rotatable bonds is 8. The molecule has 6 aliphatic rings. The van der Waals surface area contributed by atoms with Crippen molar-refractivity contribution in [1.82, 2.24) is 0 Å². The molecule has 5 heteroatoms. The second-order valence-corrected chi connectivity index (χ2v) is 20.6. The van der Waals surface area contributed by atoms with E-state index in [1.54, 1.807) is 0 Å². The molecular weight excluding hydrogens is 604 g/mol. The van der Waals surface area contributed by atoms with Gasteiger partial charge in [0.05, 0.1) is 5.38 Å². The van der Waals surface area contributed by atoms with Crippen LogP contribution in [0, 0.1) is 40.4 Å². The highest BCUT2D eigenvalue weighted by molar-refractivity contribution is 6.72. The summed E-state index contributed by atoms with van der Waals surface area (Å²) in [6.07, 6.45) is 6.63. The van der Waals surface area contributed by atoms with Crippen molar-refractivity contribution in [3.05, 3.63) is 108 Å².